The molecule has 2 aromatic carbocycles. The van der Waals surface area contributed by atoms with Gasteiger partial charge in [-0.3, -0.25) is 9.59 Å². The lowest BCUT2D eigenvalue weighted by molar-refractivity contribution is -0.139. The van der Waals surface area contributed by atoms with Gasteiger partial charge in [-0.1, -0.05) is 73.3 Å². The minimum Gasteiger partial charge on any atom is -0.352 e. The lowest BCUT2D eigenvalue weighted by Crippen LogP contribution is -2.51. The van der Waals surface area contributed by atoms with Crippen molar-refractivity contribution >= 4 is 46.8 Å². The third-order valence-electron chi connectivity index (χ3n) is 6.22. The summed E-state index contributed by atoms with van der Waals surface area (Å²) >= 11 is 14.4. The molecule has 0 bridgehead atoms. The van der Waals surface area contributed by atoms with Crippen LogP contribution >= 0.6 is 35.0 Å². The molecule has 1 fully saturated rings. The zero-order valence-electron chi connectivity index (χ0n) is 19.3. The fraction of sp³-hybridized carbons (Fsp3) is 0.462. The molecule has 0 aromatic heterocycles. The Morgan fingerprint density at radius 1 is 1.09 bits per heavy atom. The van der Waals surface area contributed by atoms with Crippen molar-refractivity contribution < 1.29 is 9.59 Å². The van der Waals surface area contributed by atoms with Crippen LogP contribution in [-0.4, -0.2) is 34.6 Å². The van der Waals surface area contributed by atoms with Gasteiger partial charge in [0.15, 0.2) is 0 Å². The zero-order chi connectivity index (χ0) is 23.8. The molecule has 2 aromatic rings. The number of carbonyl (C=O) groups excluding carboxylic acids is 2. The number of aryl methyl sites for hydroxylation is 1. The Labute approximate surface area is 211 Å². The lowest BCUT2D eigenvalue weighted by Gasteiger charge is -2.32. The van der Waals surface area contributed by atoms with E-state index in [2.05, 4.69) is 24.4 Å². The van der Waals surface area contributed by atoms with Crippen molar-refractivity contribution in [2.24, 2.45) is 0 Å². The van der Waals surface area contributed by atoms with Gasteiger partial charge < -0.3 is 10.2 Å². The molecule has 1 atom stereocenters. The number of carbonyl (C=O) groups is 2. The van der Waals surface area contributed by atoms with E-state index < -0.39 is 6.04 Å². The van der Waals surface area contributed by atoms with Crippen LogP contribution in [0.25, 0.3) is 0 Å². The molecule has 3 rings (SSSR count). The van der Waals surface area contributed by atoms with Crippen LogP contribution in [0, 0.1) is 6.92 Å². The van der Waals surface area contributed by atoms with Gasteiger partial charge in [0.2, 0.25) is 11.8 Å². The predicted molar refractivity (Wildman–Crippen MR) is 139 cm³/mol. The summed E-state index contributed by atoms with van der Waals surface area (Å²) in [7, 11) is 0. The average molecular weight is 508 g/mol. The second-order valence-electron chi connectivity index (χ2n) is 8.56. The van der Waals surface area contributed by atoms with Crippen LogP contribution < -0.4 is 5.32 Å². The molecule has 4 nitrogen and oxygen atoms in total. The number of hydrogen-bond donors (Lipinski definition) is 1. The maximum atomic E-state index is 13.4. The quantitative estimate of drug-likeness (QED) is 0.405. The molecule has 1 saturated carbocycles. The number of thioether (sulfide) groups is 1. The van der Waals surface area contributed by atoms with Crippen molar-refractivity contribution in [2.75, 3.05) is 5.75 Å². The van der Waals surface area contributed by atoms with Crippen LogP contribution in [0.4, 0.5) is 0 Å². The van der Waals surface area contributed by atoms with Crippen LogP contribution in [0.15, 0.2) is 42.5 Å². The third-order valence-corrected chi connectivity index (χ3v) is 7.90. The fourth-order valence-electron chi connectivity index (χ4n) is 4.24. The second kappa shape index (κ2) is 12.7. The molecule has 0 aliphatic heterocycles. The van der Waals surface area contributed by atoms with E-state index in [4.69, 9.17) is 23.2 Å². The molecule has 0 heterocycles. The van der Waals surface area contributed by atoms with Crippen molar-refractivity contribution in [3.05, 3.63) is 69.2 Å². The first-order chi connectivity index (χ1) is 15.9. The fourth-order valence-corrected chi connectivity index (χ4v) is 5.75. The molecule has 33 heavy (non-hydrogen) atoms. The van der Waals surface area contributed by atoms with Crippen molar-refractivity contribution in [3.8, 4) is 0 Å². The van der Waals surface area contributed by atoms with Gasteiger partial charge in [0.1, 0.15) is 6.04 Å². The molecule has 0 saturated heterocycles. The highest BCUT2D eigenvalue weighted by molar-refractivity contribution is 7.99. The Bertz CT molecular complexity index is 943. The number of halogens is 2. The molecule has 178 valence electrons. The van der Waals surface area contributed by atoms with Crippen LogP contribution in [0.5, 0.6) is 0 Å². The average Bonchev–Trinajstić information content (AvgIpc) is 3.29. The van der Waals surface area contributed by atoms with E-state index in [0.717, 1.165) is 31.4 Å². The number of nitrogens with zero attached hydrogens (tertiary/aromatic N) is 1. The SMILES string of the molecule is CCC(C(=O)NC1CCCC1)N(Cc1c(Cl)cccc1Cl)C(=O)CSCc1ccccc1C. The highest BCUT2D eigenvalue weighted by Gasteiger charge is 2.31. The summed E-state index contributed by atoms with van der Waals surface area (Å²) in [6.45, 7) is 4.22. The van der Waals surface area contributed by atoms with E-state index in [1.165, 1.54) is 11.1 Å². The van der Waals surface area contributed by atoms with E-state index in [1.54, 1.807) is 34.9 Å². The molecule has 2 amide bonds. The first kappa shape index (κ1) is 25.9. The Balaban J connectivity index is 1.76. The summed E-state index contributed by atoms with van der Waals surface area (Å²) in [6, 6.07) is 13.1. The highest BCUT2D eigenvalue weighted by Crippen LogP contribution is 2.28. The number of nitrogens with one attached hydrogen (secondary N) is 1. The first-order valence-corrected chi connectivity index (χ1v) is 13.5. The van der Waals surface area contributed by atoms with E-state index in [-0.39, 0.29) is 30.2 Å². The number of hydrogen-bond acceptors (Lipinski definition) is 3. The standard InChI is InChI=1S/C26H32Cl2N2O2S/c1-3-24(26(32)29-20-11-6-7-12-20)30(15-21-22(27)13-8-14-23(21)28)25(31)17-33-16-19-10-5-4-9-18(19)2/h4-5,8-10,13-14,20,24H,3,6-7,11-12,15-17H2,1-2H3,(H,29,32). The molecule has 1 N–H and O–H groups in total. The molecular formula is C26H32Cl2N2O2S. The maximum absolute atomic E-state index is 13.4. The van der Waals surface area contributed by atoms with Gasteiger partial charge in [0.25, 0.3) is 0 Å². The summed E-state index contributed by atoms with van der Waals surface area (Å²) in [4.78, 5) is 28.3. The zero-order valence-corrected chi connectivity index (χ0v) is 21.6. The smallest absolute Gasteiger partial charge is 0.243 e. The van der Waals surface area contributed by atoms with Gasteiger partial charge in [-0.15, -0.1) is 11.8 Å². The van der Waals surface area contributed by atoms with Crippen LogP contribution in [0.2, 0.25) is 10.0 Å². The molecule has 0 radical (unpaired) electrons. The number of rotatable bonds is 10. The largest absolute Gasteiger partial charge is 0.352 e. The Morgan fingerprint density at radius 3 is 2.39 bits per heavy atom. The summed E-state index contributed by atoms with van der Waals surface area (Å²) in [5.74, 6) is 0.844. The first-order valence-electron chi connectivity index (χ1n) is 11.6. The third kappa shape index (κ3) is 7.14. The number of amides is 2. The Hall–Kier alpha value is -1.69. The second-order valence-corrected chi connectivity index (χ2v) is 10.4. The summed E-state index contributed by atoms with van der Waals surface area (Å²) < 4.78 is 0. The van der Waals surface area contributed by atoms with Gasteiger partial charge in [-0.05, 0) is 49.4 Å². The summed E-state index contributed by atoms with van der Waals surface area (Å²) in [5, 5.41) is 4.16. The van der Waals surface area contributed by atoms with Gasteiger partial charge in [0, 0.05) is 33.9 Å². The maximum Gasteiger partial charge on any atom is 0.243 e. The van der Waals surface area contributed by atoms with Crippen LogP contribution in [-0.2, 0) is 21.9 Å². The topological polar surface area (TPSA) is 49.4 Å². The van der Waals surface area contributed by atoms with Gasteiger partial charge >= 0.3 is 0 Å². The van der Waals surface area contributed by atoms with E-state index in [1.807, 2.05) is 19.1 Å². The molecule has 1 aliphatic carbocycles. The van der Waals surface area contributed by atoms with Gasteiger partial charge in [-0.2, -0.15) is 0 Å². The monoisotopic (exact) mass is 506 g/mol. The van der Waals surface area contributed by atoms with Gasteiger partial charge in [0.05, 0.1) is 5.75 Å². The minimum atomic E-state index is -0.565. The van der Waals surface area contributed by atoms with Crippen molar-refractivity contribution in [1.82, 2.24) is 10.2 Å². The van der Waals surface area contributed by atoms with Crippen LogP contribution in [0.3, 0.4) is 0 Å². The molecule has 7 heteroatoms. The van der Waals surface area contributed by atoms with E-state index in [0.29, 0.717) is 22.0 Å². The highest BCUT2D eigenvalue weighted by atomic mass is 35.5. The Morgan fingerprint density at radius 2 is 1.76 bits per heavy atom. The number of benzene rings is 2. The molecule has 1 aliphatic rings. The Kier molecular flexibility index (Phi) is 9.96. The summed E-state index contributed by atoms with van der Waals surface area (Å²) in [5.41, 5.74) is 3.09. The van der Waals surface area contributed by atoms with Gasteiger partial charge in [-0.25, -0.2) is 0 Å². The molecule has 1 unspecified atom stereocenters. The van der Waals surface area contributed by atoms with E-state index >= 15 is 0 Å². The minimum absolute atomic E-state index is 0.0852. The predicted octanol–water partition coefficient (Wildman–Crippen LogP) is 6.40. The molecular weight excluding hydrogens is 475 g/mol. The van der Waals surface area contributed by atoms with Crippen molar-refractivity contribution in [1.29, 1.82) is 0 Å². The van der Waals surface area contributed by atoms with Crippen LogP contribution in [0.1, 0.15) is 55.7 Å². The van der Waals surface area contributed by atoms with Crippen molar-refractivity contribution in [2.45, 2.75) is 70.3 Å². The normalized spacial score (nSPS) is 14.8. The summed E-state index contributed by atoms with van der Waals surface area (Å²) in [6.07, 6.45) is 4.79. The van der Waals surface area contributed by atoms with E-state index in [9.17, 15) is 9.59 Å². The lowest BCUT2D eigenvalue weighted by atomic mass is 10.1. The molecule has 0 spiro atoms. The van der Waals surface area contributed by atoms with Crippen molar-refractivity contribution in [3.63, 3.8) is 0 Å².